The first-order chi connectivity index (χ1) is 14.0. The normalized spacial score (nSPS) is 20.1. The fourth-order valence-electron chi connectivity index (χ4n) is 3.64. The zero-order chi connectivity index (χ0) is 20.8. The summed E-state index contributed by atoms with van der Waals surface area (Å²) in [6, 6.07) is 7.45. The maximum atomic E-state index is 12.3. The van der Waals surface area contributed by atoms with Gasteiger partial charge in [0.15, 0.2) is 11.8 Å². The van der Waals surface area contributed by atoms with Crippen LogP contribution in [0.3, 0.4) is 0 Å². The van der Waals surface area contributed by atoms with Crippen LogP contribution in [0, 0.1) is 5.92 Å². The van der Waals surface area contributed by atoms with Gasteiger partial charge in [-0.05, 0) is 31.7 Å². The molecule has 3 N–H and O–H groups in total. The van der Waals surface area contributed by atoms with Crippen LogP contribution in [0.2, 0.25) is 0 Å². The Labute approximate surface area is 169 Å². The molecule has 2 aromatic rings. The Morgan fingerprint density at radius 2 is 2.00 bits per heavy atom. The average molecular weight is 400 g/mol. The third kappa shape index (κ3) is 5.34. The van der Waals surface area contributed by atoms with Crippen molar-refractivity contribution in [2.45, 2.75) is 58.1 Å². The summed E-state index contributed by atoms with van der Waals surface area (Å²) in [5, 5.41) is 13.2. The van der Waals surface area contributed by atoms with Gasteiger partial charge in [-0.3, -0.25) is 19.5 Å². The highest BCUT2D eigenvalue weighted by Gasteiger charge is 2.26. The van der Waals surface area contributed by atoms with E-state index in [0.29, 0.717) is 5.92 Å². The molecule has 0 aliphatic heterocycles. The number of aromatic amines is 1. The van der Waals surface area contributed by atoms with E-state index < -0.39 is 12.1 Å². The largest absolute Gasteiger partial charge is 0.452 e. The molecule has 1 aromatic heterocycles. The van der Waals surface area contributed by atoms with Crippen LogP contribution >= 0.6 is 0 Å². The van der Waals surface area contributed by atoms with Gasteiger partial charge in [0.25, 0.3) is 11.8 Å². The van der Waals surface area contributed by atoms with Gasteiger partial charge in [-0.1, -0.05) is 38.0 Å². The van der Waals surface area contributed by atoms with Gasteiger partial charge in [-0.25, -0.2) is 0 Å². The van der Waals surface area contributed by atoms with Gasteiger partial charge < -0.3 is 15.4 Å². The number of carbonyl (C=O) groups is 3. The summed E-state index contributed by atoms with van der Waals surface area (Å²) < 4.78 is 5.21. The van der Waals surface area contributed by atoms with Gasteiger partial charge >= 0.3 is 5.97 Å². The lowest BCUT2D eigenvalue weighted by Gasteiger charge is -2.30. The van der Waals surface area contributed by atoms with Gasteiger partial charge in [-0.15, -0.1) is 0 Å². The quantitative estimate of drug-likeness (QED) is 0.617. The second kappa shape index (κ2) is 9.54. The number of hydrogen-bond donors (Lipinski definition) is 3. The summed E-state index contributed by atoms with van der Waals surface area (Å²) in [6.45, 7) is 3.80. The first-order valence-electron chi connectivity index (χ1n) is 10.2. The molecular formula is C21H28N4O4. The van der Waals surface area contributed by atoms with E-state index in [2.05, 4.69) is 27.8 Å². The van der Waals surface area contributed by atoms with Crippen LogP contribution in [0.15, 0.2) is 24.3 Å². The Morgan fingerprint density at radius 3 is 2.79 bits per heavy atom. The number of esters is 1. The molecule has 0 spiro atoms. The third-order valence-corrected chi connectivity index (χ3v) is 5.42. The molecule has 0 bridgehead atoms. The molecule has 29 heavy (non-hydrogen) atoms. The monoisotopic (exact) mass is 400 g/mol. The average Bonchev–Trinajstić information content (AvgIpc) is 3.13. The molecule has 1 aliphatic carbocycles. The fourth-order valence-corrected chi connectivity index (χ4v) is 3.64. The summed E-state index contributed by atoms with van der Waals surface area (Å²) in [4.78, 5) is 36.6. The Balaban J connectivity index is 1.41. The van der Waals surface area contributed by atoms with Gasteiger partial charge in [0, 0.05) is 18.0 Å². The highest BCUT2D eigenvalue weighted by Crippen LogP contribution is 2.23. The zero-order valence-corrected chi connectivity index (χ0v) is 16.9. The molecular weight excluding hydrogens is 372 g/mol. The molecule has 3 unspecified atom stereocenters. The highest BCUT2D eigenvalue weighted by molar-refractivity contribution is 6.04. The number of rotatable bonds is 7. The predicted octanol–water partition coefficient (Wildman–Crippen LogP) is 2.31. The minimum Gasteiger partial charge on any atom is -0.452 e. The molecule has 3 atom stereocenters. The van der Waals surface area contributed by atoms with Gasteiger partial charge in [-0.2, -0.15) is 5.10 Å². The summed E-state index contributed by atoms with van der Waals surface area (Å²) in [7, 11) is 0. The Hall–Kier alpha value is -2.90. The van der Waals surface area contributed by atoms with Crippen molar-refractivity contribution in [3.8, 4) is 0 Å². The van der Waals surface area contributed by atoms with Gasteiger partial charge in [0.05, 0.1) is 11.9 Å². The molecule has 1 heterocycles. The van der Waals surface area contributed by atoms with Crippen LogP contribution in [-0.4, -0.2) is 46.7 Å². The fraction of sp³-hybridized carbons (Fsp3) is 0.524. The highest BCUT2D eigenvalue weighted by atomic mass is 16.5. The maximum absolute atomic E-state index is 12.3. The van der Waals surface area contributed by atoms with Crippen molar-refractivity contribution in [1.82, 2.24) is 20.8 Å². The smallest absolute Gasteiger partial charge is 0.308 e. The molecule has 2 amide bonds. The molecule has 156 valence electrons. The Morgan fingerprint density at radius 1 is 1.24 bits per heavy atom. The van der Waals surface area contributed by atoms with Crippen LogP contribution < -0.4 is 10.6 Å². The predicted molar refractivity (Wildman–Crippen MR) is 108 cm³/mol. The summed E-state index contributed by atoms with van der Waals surface area (Å²) in [5.74, 6) is -0.739. The molecule has 8 nitrogen and oxygen atoms in total. The zero-order valence-electron chi connectivity index (χ0n) is 16.9. The number of nitrogens with one attached hydrogen (secondary N) is 3. The number of hydrogen-bond acceptors (Lipinski definition) is 5. The van der Waals surface area contributed by atoms with E-state index in [1.165, 1.54) is 6.42 Å². The number of carbonyl (C=O) groups excluding carboxylic acids is 3. The minimum atomic E-state index is -0.859. The topological polar surface area (TPSA) is 113 Å². The molecule has 0 saturated heterocycles. The number of fused-ring (bicyclic) bond motifs is 1. The molecule has 1 aliphatic rings. The molecule has 1 fully saturated rings. The molecule has 3 rings (SSSR count). The first kappa shape index (κ1) is 20.8. The second-order valence-corrected chi connectivity index (χ2v) is 7.63. The van der Waals surface area contributed by atoms with Crippen molar-refractivity contribution in [3.63, 3.8) is 0 Å². The summed E-state index contributed by atoms with van der Waals surface area (Å²) in [5.41, 5.74) is 1.05. The number of para-hydroxylation sites is 1. The van der Waals surface area contributed by atoms with Crippen molar-refractivity contribution in [2.24, 2.45) is 5.92 Å². The van der Waals surface area contributed by atoms with Crippen molar-refractivity contribution < 1.29 is 19.1 Å². The number of aromatic nitrogens is 2. The lowest BCUT2D eigenvalue weighted by molar-refractivity contribution is -0.155. The van der Waals surface area contributed by atoms with Crippen LogP contribution in [0.25, 0.3) is 10.9 Å². The van der Waals surface area contributed by atoms with Crippen LogP contribution in [0.4, 0.5) is 0 Å². The Kier molecular flexibility index (Phi) is 6.85. The summed E-state index contributed by atoms with van der Waals surface area (Å²) in [6.07, 6.45) is 3.48. The molecule has 1 aromatic carbocycles. The minimum absolute atomic E-state index is 0.0223. The number of nitrogens with zero attached hydrogens (tertiary/aromatic N) is 1. The van der Waals surface area contributed by atoms with Crippen LogP contribution in [0.1, 0.15) is 56.4 Å². The van der Waals surface area contributed by atoms with Gasteiger partial charge in [0.2, 0.25) is 0 Å². The lowest BCUT2D eigenvalue weighted by atomic mass is 9.86. The van der Waals surface area contributed by atoms with E-state index in [4.69, 9.17) is 4.74 Å². The van der Waals surface area contributed by atoms with Gasteiger partial charge in [0.1, 0.15) is 0 Å². The van der Waals surface area contributed by atoms with Crippen molar-refractivity contribution in [1.29, 1.82) is 0 Å². The number of ether oxygens (including phenoxy) is 1. The van der Waals surface area contributed by atoms with E-state index in [9.17, 15) is 14.4 Å². The molecule has 1 saturated carbocycles. The number of amides is 2. The first-order valence-corrected chi connectivity index (χ1v) is 10.2. The molecule has 8 heteroatoms. The maximum Gasteiger partial charge on any atom is 0.308 e. The van der Waals surface area contributed by atoms with Crippen molar-refractivity contribution >= 4 is 28.7 Å². The van der Waals surface area contributed by atoms with E-state index in [1.807, 2.05) is 18.2 Å². The van der Waals surface area contributed by atoms with E-state index in [0.717, 1.165) is 30.2 Å². The SMILES string of the molecule is CC(OC(=O)CCNC(=O)c1n[nH]c2ccccc12)C(=O)NC1CCCCC1C. The van der Waals surface area contributed by atoms with E-state index >= 15 is 0 Å². The number of benzene rings is 1. The molecule has 0 radical (unpaired) electrons. The van der Waals surface area contributed by atoms with Crippen molar-refractivity contribution in [2.75, 3.05) is 6.54 Å². The summed E-state index contributed by atoms with van der Waals surface area (Å²) >= 11 is 0. The van der Waals surface area contributed by atoms with Crippen LogP contribution in [-0.2, 0) is 14.3 Å². The Bertz CT molecular complexity index is 878. The lowest BCUT2D eigenvalue weighted by Crippen LogP contribution is -2.46. The second-order valence-electron chi connectivity index (χ2n) is 7.63. The standard InChI is InChI=1S/C21H28N4O4/c1-13-7-3-5-9-16(13)23-20(27)14(2)29-18(26)11-12-22-21(28)19-15-8-4-6-10-17(15)24-25-19/h4,6,8,10,13-14,16H,3,5,7,9,11-12H2,1-2H3,(H,22,28)(H,23,27)(H,24,25). The van der Waals surface area contributed by atoms with E-state index in [1.54, 1.807) is 13.0 Å². The van der Waals surface area contributed by atoms with Crippen LogP contribution in [0.5, 0.6) is 0 Å². The number of H-pyrrole nitrogens is 1. The van der Waals surface area contributed by atoms with Crippen molar-refractivity contribution in [3.05, 3.63) is 30.0 Å². The third-order valence-electron chi connectivity index (χ3n) is 5.42. The van der Waals surface area contributed by atoms with E-state index in [-0.39, 0.29) is 36.5 Å².